The van der Waals surface area contributed by atoms with E-state index in [-0.39, 0.29) is 13.1 Å². The lowest BCUT2D eigenvalue weighted by atomic mass is 10.4. The van der Waals surface area contributed by atoms with E-state index < -0.39 is 6.17 Å². The number of alkyl halides is 1. The molecular formula is C6H9ClFN3. The van der Waals surface area contributed by atoms with E-state index in [9.17, 15) is 4.39 Å². The number of aromatic nitrogens is 2. The summed E-state index contributed by atoms with van der Waals surface area (Å²) in [5.74, 6) is 0. The summed E-state index contributed by atoms with van der Waals surface area (Å²) in [5.41, 5.74) is 5.08. The lowest BCUT2D eigenvalue weighted by Crippen LogP contribution is -2.21. The number of rotatable bonds is 3. The van der Waals surface area contributed by atoms with Gasteiger partial charge in [0.1, 0.15) is 6.17 Å². The fourth-order valence-electron chi connectivity index (χ4n) is 0.716. The van der Waals surface area contributed by atoms with Crippen LogP contribution in [0, 0.1) is 0 Å². The van der Waals surface area contributed by atoms with E-state index in [1.54, 1.807) is 6.20 Å². The van der Waals surface area contributed by atoms with Crippen molar-refractivity contribution in [3.05, 3.63) is 17.4 Å². The molecule has 62 valence electrons. The van der Waals surface area contributed by atoms with Crippen molar-refractivity contribution in [3.63, 3.8) is 0 Å². The maximum absolute atomic E-state index is 12.6. The predicted molar refractivity (Wildman–Crippen MR) is 41.2 cm³/mol. The molecule has 1 rings (SSSR count). The smallest absolute Gasteiger partial charge is 0.132 e. The lowest BCUT2D eigenvalue weighted by Gasteiger charge is -2.03. The molecule has 0 radical (unpaired) electrons. The van der Waals surface area contributed by atoms with Gasteiger partial charge in [0, 0.05) is 12.7 Å². The topological polar surface area (TPSA) is 43.8 Å². The summed E-state index contributed by atoms with van der Waals surface area (Å²) >= 11 is 5.55. The maximum atomic E-state index is 12.6. The zero-order chi connectivity index (χ0) is 8.27. The minimum Gasteiger partial charge on any atom is -0.328 e. The zero-order valence-electron chi connectivity index (χ0n) is 5.87. The van der Waals surface area contributed by atoms with E-state index in [1.165, 1.54) is 10.9 Å². The maximum Gasteiger partial charge on any atom is 0.132 e. The molecule has 0 aliphatic heterocycles. The van der Waals surface area contributed by atoms with Gasteiger partial charge in [0.25, 0.3) is 0 Å². The van der Waals surface area contributed by atoms with Crippen molar-refractivity contribution in [2.24, 2.45) is 5.73 Å². The summed E-state index contributed by atoms with van der Waals surface area (Å²) in [6.45, 7) is 0.181. The Kier molecular flexibility index (Phi) is 2.84. The first-order valence-electron chi connectivity index (χ1n) is 3.24. The van der Waals surface area contributed by atoms with Gasteiger partial charge in [-0.25, -0.2) is 4.39 Å². The first-order valence-corrected chi connectivity index (χ1v) is 3.62. The molecule has 3 nitrogen and oxygen atoms in total. The molecule has 1 aromatic rings. The molecule has 1 unspecified atom stereocenters. The van der Waals surface area contributed by atoms with E-state index in [0.29, 0.717) is 5.02 Å². The minimum atomic E-state index is -1.05. The second kappa shape index (κ2) is 3.69. The Balaban J connectivity index is 2.50. The van der Waals surface area contributed by atoms with Crippen LogP contribution in [0.4, 0.5) is 4.39 Å². The number of hydrogen-bond acceptors (Lipinski definition) is 2. The number of hydrogen-bond donors (Lipinski definition) is 1. The highest BCUT2D eigenvalue weighted by Gasteiger charge is 2.04. The average molecular weight is 178 g/mol. The molecule has 0 fully saturated rings. The van der Waals surface area contributed by atoms with Crippen LogP contribution in [0.5, 0.6) is 0 Å². The fraction of sp³-hybridized carbons (Fsp3) is 0.500. The molecule has 0 aliphatic rings. The molecule has 1 heterocycles. The quantitative estimate of drug-likeness (QED) is 0.744. The predicted octanol–water partition coefficient (Wildman–Crippen LogP) is 0.833. The summed E-state index contributed by atoms with van der Waals surface area (Å²) in [7, 11) is 0. The van der Waals surface area contributed by atoms with Crippen LogP contribution in [0.1, 0.15) is 0 Å². The van der Waals surface area contributed by atoms with Crippen LogP contribution in [-0.2, 0) is 6.54 Å². The standard InChI is InChI=1S/C6H9ClFN3/c7-5-2-10-11(3-5)4-6(8)1-9/h2-3,6H,1,4,9H2. The van der Waals surface area contributed by atoms with Gasteiger partial charge in [-0.05, 0) is 0 Å². The Morgan fingerprint density at radius 1 is 1.82 bits per heavy atom. The Morgan fingerprint density at radius 3 is 3.00 bits per heavy atom. The van der Waals surface area contributed by atoms with Crippen LogP contribution in [0.3, 0.4) is 0 Å². The first kappa shape index (κ1) is 8.49. The van der Waals surface area contributed by atoms with E-state index >= 15 is 0 Å². The van der Waals surface area contributed by atoms with E-state index in [0.717, 1.165) is 0 Å². The van der Waals surface area contributed by atoms with Gasteiger partial charge in [0.15, 0.2) is 0 Å². The highest BCUT2D eigenvalue weighted by Crippen LogP contribution is 2.05. The summed E-state index contributed by atoms with van der Waals surface area (Å²) in [5, 5.41) is 4.30. The second-order valence-corrected chi connectivity index (χ2v) is 2.65. The summed E-state index contributed by atoms with van der Waals surface area (Å²) in [6.07, 6.45) is 1.97. The van der Waals surface area contributed by atoms with Crippen molar-refractivity contribution >= 4 is 11.6 Å². The van der Waals surface area contributed by atoms with Gasteiger partial charge in [-0.1, -0.05) is 11.6 Å². The van der Waals surface area contributed by atoms with Gasteiger partial charge in [-0.15, -0.1) is 0 Å². The summed E-state index contributed by atoms with van der Waals surface area (Å²) < 4.78 is 14.0. The Bertz CT molecular complexity index is 225. The molecule has 0 spiro atoms. The Hall–Kier alpha value is -0.610. The SMILES string of the molecule is NCC(F)Cn1cc(Cl)cn1. The van der Waals surface area contributed by atoms with Gasteiger partial charge >= 0.3 is 0 Å². The van der Waals surface area contributed by atoms with Gasteiger partial charge in [0.2, 0.25) is 0 Å². The van der Waals surface area contributed by atoms with E-state index in [1.807, 2.05) is 0 Å². The first-order chi connectivity index (χ1) is 5.22. The lowest BCUT2D eigenvalue weighted by molar-refractivity contribution is 0.293. The molecule has 0 saturated carbocycles. The molecule has 0 saturated heterocycles. The van der Waals surface area contributed by atoms with E-state index in [2.05, 4.69) is 5.10 Å². The van der Waals surface area contributed by atoms with Crippen molar-refractivity contribution in [2.45, 2.75) is 12.7 Å². The molecule has 0 aliphatic carbocycles. The number of nitrogens with zero attached hydrogens (tertiary/aromatic N) is 2. The van der Waals surface area contributed by atoms with E-state index in [4.69, 9.17) is 17.3 Å². The highest BCUT2D eigenvalue weighted by molar-refractivity contribution is 6.30. The molecule has 2 N–H and O–H groups in total. The minimum absolute atomic E-state index is 0.0114. The molecular weight excluding hydrogens is 169 g/mol. The zero-order valence-corrected chi connectivity index (χ0v) is 6.63. The van der Waals surface area contributed by atoms with Gasteiger partial charge in [-0.2, -0.15) is 5.10 Å². The average Bonchev–Trinajstić information content (AvgIpc) is 2.35. The largest absolute Gasteiger partial charge is 0.328 e. The monoisotopic (exact) mass is 177 g/mol. The summed E-state index contributed by atoms with van der Waals surface area (Å²) in [6, 6.07) is 0. The molecule has 0 bridgehead atoms. The molecule has 0 amide bonds. The third-order valence-electron chi connectivity index (χ3n) is 1.24. The van der Waals surface area contributed by atoms with Crippen LogP contribution in [0.2, 0.25) is 5.02 Å². The fourth-order valence-corrected chi connectivity index (χ4v) is 0.872. The van der Waals surface area contributed by atoms with Crippen LogP contribution in [0.15, 0.2) is 12.4 Å². The molecule has 1 aromatic heterocycles. The normalized spacial score (nSPS) is 13.4. The molecule has 1 atom stereocenters. The van der Waals surface area contributed by atoms with Gasteiger partial charge in [-0.3, -0.25) is 4.68 Å². The van der Waals surface area contributed by atoms with Crippen molar-refractivity contribution in [3.8, 4) is 0 Å². The van der Waals surface area contributed by atoms with Gasteiger partial charge in [0.05, 0.1) is 17.8 Å². The number of halogens is 2. The molecule has 0 aromatic carbocycles. The van der Waals surface area contributed by atoms with Crippen molar-refractivity contribution in [1.82, 2.24) is 9.78 Å². The number of nitrogens with two attached hydrogens (primary N) is 1. The summed E-state index contributed by atoms with van der Waals surface area (Å²) in [4.78, 5) is 0. The Labute approximate surface area is 68.9 Å². The van der Waals surface area contributed by atoms with Crippen LogP contribution < -0.4 is 5.73 Å². The third kappa shape index (κ3) is 2.48. The van der Waals surface area contributed by atoms with Crippen molar-refractivity contribution < 1.29 is 4.39 Å². The van der Waals surface area contributed by atoms with Crippen LogP contribution in [0.25, 0.3) is 0 Å². The molecule has 11 heavy (non-hydrogen) atoms. The van der Waals surface area contributed by atoms with Crippen LogP contribution in [-0.4, -0.2) is 22.5 Å². The second-order valence-electron chi connectivity index (χ2n) is 2.21. The Morgan fingerprint density at radius 2 is 2.55 bits per heavy atom. The van der Waals surface area contributed by atoms with Crippen molar-refractivity contribution in [2.75, 3.05) is 6.54 Å². The van der Waals surface area contributed by atoms with Gasteiger partial charge < -0.3 is 5.73 Å². The molecule has 5 heteroatoms. The highest BCUT2D eigenvalue weighted by atomic mass is 35.5. The van der Waals surface area contributed by atoms with Crippen molar-refractivity contribution in [1.29, 1.82) is 0 Å². The third-order valence-corrected chi connectivity index (χ3v) is 1.44. The van der Waals surface area contributed by atoms with Crippen LogP contribution >= 0.6 is 11.6 Å².